The molecule has 0 saturated carbocycles. The lowest BCUT2D eigenvalue weighted by Gasteiger charge is -2.32. The second kappa shape index (κ2) is 8.08. The first-order chi connectivity index (χ1) is 14.4. The topological polar surface area (TPSA) is 89.7 Å². The third kappa shape index (κ3) is 3.54. The summed E-state index contributed by atoms with van der Waals surface area (Å²) >= 11 is 0. The minimum atomic E-state index is -0.378. The van der Waals surface area contributed by atoms with Gasteiger partial charge in [0.15, 0.2) is 11.2 Å². The minimum absolute atomic E-state index is 0.180. The molecule has 3 aromatic rings. The molecule has 160 valence electrons. The first kappa shape index (κ1) is 20.4. The van der Waals surface area contributed by atoms with Crippen LogP contribution in [0, 0.1) is 6.92 Å². The highest BCUT2D eigenvalue weighted by atomic mass is 16.3. The van der Waals surface area contributed by atoms with Gasteiger partial charge in [0.1, 0.15) is 6.54 Å². The highest BCUT2D eigenvalue weighted by Gasteiger charge is 2.27. The smallest absolute Gasteiger partial charge is 0.332 e. The summed E-state index contributed by atoms with van der Waals surface area (Å²) in [5.41, 5.74) is 2.40. The monoisotopic (exact) mass is 413 g/mol. The van der Waals surface area contributed by atoms with E-state index in [0.29, 0.717) is 23.7 Å². The molecule has 4 rings (SSSR count). The Morgan fingerprint density at radius 1 is 1.07 bits per heavy atom. The van der Waals surface area contributed by atoms with Gasteiger partial charge in [0.2, 0.25) is 5.95 Å². The molecular formula is C21H29N6O3+. The van der Waals surface area contributed by atoms with Crippen molar-refractivity contribution in [2.75, 3.05) is 44.2 Å². The number of nitrogens with zero attached hydrogens (tertiary/aromatic N) is 5. The number of aliphatic hydroxyl groups excluding tert-OH is 1. The fraction of sp³-hybridized carbons (Fsp3) is 0.476. The average molecular weight is 414 g/mol. The van der Waals surface area contributed by atoms with Crippen molar-refractivity contribution in [3.8, 4) is 0 Å². The molecule has 0 bridgehead atoms. The Kier molecular flexibility index (Phi) is 5.48. The number of piperazine rings is 1. The highest BCUT2D eigenvalue weighted by molar-refractivity contribution is 5.74. The molecule has 0 aliphatic carbocycles. The lowest BCUT2D eigenvalue weighted by atomic mass is 10.1. The normalized spacial score (nSPS) is 15.3. The number of anilines is 1. The Morgan fingerprint density at radius 3 is 2.37 bits per heavy atom. The molecular weight excluding hydrogens is 384 g/mol. The predicted molar refractivity (Wildman–Crippen MR) is 115 cm³/mol. The van der Waals surface area contributed by atoms with Crippen LogP contribution in [0.4, 0.5) is 5.95 Å². The van der Waals surface area contributed by atoms with Crippen LogP contribution >= 0.6 is 0 Å². The lowest BCUT2D eigenvalue weighted by molar-refractivity contribution is -0.900. The highest BCUT2D eigenvalue weighted by Crippen LogP contribution is 2.21. The predicted octanol–water partition coefficient (Wildman–Crippen LogP) is -1.51. The molecule has 9 heteroatoms. The van der Waals surface area contributed by atoms with Gasteiger partial charge in [-0.15, -0.1) is 0 Å². The molecule has 2 aromatic heterocycles. The number of hydrogen-bond acceptors (Lipinski definition) is 5. The van der Waals surface area contributed by atoms with Crippen LogP contribution in [-0.4, -0.2) is 63.1 Å². The van der Waals surface area contributed by atoms with Gasteiger partial charge in [0.25, 0.3) is 5.56 Å². The van der Waals surface area contributed by atoms with Crippen LogP contribution in [0.2, 0.25) is 0 Å². The number of fused-ring (bicyclic) bond motifs is 1. The first-order valence-electron chi connectivity index (χ1n) is 10.3. The van der Waals surface area contributed by atoms with Crippen LogP contribution in [0.5, 0.6) is 0 Å². The Balaban J connectivity index is 1.83. The Labute approximate surface area is 174 Å². The molecule has 3 heterocycles. The Hall–Kier alpha value is -2.91. The van der Waals surface area contributed by atoms with Crippen LogP contribution < -0.4 is 21.0 Å². The zero-order valence-electron chi connectivity index (χ0n) is 17.8. The van der Waals surface area contributed by atoms with Crippen LogP contribution in [0.1, 0.15) is 11.1 Å². The van der Waals surface area contributed by atoms with Gasteiger partial charge in [0.05, 0.1) is 39.3 Å². The molecule has 0 amide bonds. The Bertz CT molecular complexity index is 1170. The summed E-state index contributed by atoms with van der Waals surface area (Å²) in [5.74, 6) is 0.715. The number of nitrogens with one attached hydrogen (secondary N) is 1. The van der Waals surface area contributed by atoms with Crippen molar-refractivity contribution in [2.45, 2.75) is 13.5 Å². The van der Waals surface area contributed by atoms with E-state index in [1.807, 2.05) is 11.5 Å². The fourth-order valence-electron chi connectivity index (χ4n) is 4.13. The van der Waals surface area contributed by atoms with Crippen molar-refractivity contribution in [1.29, 1.82) is 0 Å². The van der Waals surface area contributed by atoms with Crippen molar-refractivity contribution in [1.82, 2.24) is 18.7 Å². The molecule has 9 nitrogen and oxygen atoms in total. The quantitative estimate of drug-likeness (QED) is 0.531. The molecule has 1 aromatic carbocycles. The second-order valence-electron chi connectivity index (χ2n) is 8.07. The maximum Gasteiger partial charge on any atom is 0.332 e. The molecule has 0 spiro atoms. The van der Waals surface area contributed by atoms with Gasteiger partial charge in [-0.2, -0.15) is 4.98 Å². The van der Waals surface area contributed by atoms with Gasteiger partial charge in [-0.1, -0.05) is 29.8 Å². The van der Waals surface area contributed by atoms with E-state index in [1.165, 1.54) is 22.1 Å². The summed E-state index contributed by atoms with van der Waals surface area (Å²) in [6.45, 7) is 6.81. The number of rotatable bonds is 5. The third-order valence-electron chi connectivity index (χ3n) is 6.01. The van der Waals surface area contributed by atoms with E-state index in [9.17, 15) is 14.7 Å². The van der Waals surface area contributed by atoms with Crippen molar-refractivity contribution in [2.24, 2.45) is 14.1 Å². The van der Waals surface area contributed by atoms with E-state index < -0.39 is 0 Å². The maximum absolute atomic E-state index is 13.0. The van der Waals surface area contributed by atoms with Gasteiger partial charge in [0, 0.05) is 14.1 Å². The molecule has 0 atom stereocenters. The van der Waals surface area contributed by atoms with Crippen LogP contribution in [-0.2, 0) is 20.6 Å². The van der Waals surface area contributed by atoms with E-state index >= 15 is 0 Å². The largest absolute Gasteiger partial charge is 0.391 e. The molecule has 0 unspecified atom stereocenters. The van der Waals surface area contributed by atoms with E-state index in [1.54, 1.807) is 7.05 Å². The number of aliphatic hydroxyl groups is 1. The van der Waals surface area contributed by atoms with Crippen LogP contribution in [0.15, 0.2) is 33.9 Å². The van der Waals surface area contributed by atoms with Gasteiger partial charge in [-0.25, -0.2) is 4.79 Å². The summed E-state index contributed by atoms with van der Waals surface area (Å²) in [7, 11) is 3.16. The molecule has 2 N–H and O–H groups in total. The van der Waals surface area contributed by atoms with E-state index in [2.05, 4.69) is 29.2 Å². The summed E-state index contributed by atoms with van der Waals surface area (Å²) < 4.78 is 4.53. The number of aryl methyl sites for hydroxylation is 2. The van der Waals surface area contributed by atoms with Crippen molar-refractivity contribution >= 4 is 17.1 Å². The average Bonchev–Trinajstić information content (AvgIpc) is 3.12. The number of hydrogen-bond donors (Lipinski definition) is 2. The van der Waals surface area contributed by atoms with E-state index in [0.717, 1.165) is 42.9 Å². The SMILES string of the molecule is Cc1ccc(Cn2c(N3CC[NH+](CCO)CC3)nc3c2c(=O)n(C)c(=O)n3C)cc1. The summed E-state index contributed by atoms with van der Waals surface area (Å²) in [6, 6.07) is 8.22. The first-order valence-corrected chi connectivity index (χ1v) is 10.3. The molecule has 1 saturated heterocycles. The molecule has 0 radical (unpaired) electrons. The van der Waals surface area contributed by atoms with Crippen LogP contribution in [0.3, 0.4) is 0 Å². The summed E-state index contributed by atoms with van der Waals surface area (Å²) in [6.07, 6.45) is 0. The third-order valence-corrected chi connectivity index (χ3v) is 6.01. The summed E-state index contributed by atoms with van der Waals surface area (Å²) in [5, 5.41) is 9.22. The number of quaternary nitrogens is 1. The van der Waals surface area contributed by atoms with Crippen LogP contribution in [0.25, 0.3) is 11.2 Å². The van der Waals surface area contributed by atoms with Gasteiger partial charge < -0.3 is 14.9 Å². The number of imidazole rings is 1. The van der Waals surface area contributed by atoms with Crippen molar-refractivity contribution < 1.29 is 10.0 Å². The van der Waals surface area contributed by atoms with Gasteiger partial charge in [-0.05, 0) is 12.5 Å². The van der Waals surface area contributed by atoms with Crippen molar-refractivity contribution in [3.05, 3.63) is 56.2 Å². The standard InChI is InChI=1S/C21H28N6O3/c1-15-4-6-16(7-5-15)14-27-17-18(23(2)21(30)24(3)19(17)29)22-20(27)26-10-8-25(9-11-26)12-13-28/h4-7,28H,8-14H2,1-3H3/p+1. The maximum atomic E-state index is 13.0. The van der Waals surface area contributed by atoms with Gasteiger partial charge in [-0.3, -0.25) is 18.5 Å². The number of benzene rings is 1. The van der Waals surface area contributed by atoms with Crippen molar-refractivity contribution in [3.63, 3.8) is 0 Å². The minimum Gasteiger partial charge on any atom is -0.391 e. The molecule has 1 aliphatic heterocycles. The fourth-order valence-corrected chi connectivity index (χ4v) is 4.13. The second-order valence-corrected chi connectivity index (χ2v) is 8.07. The summed E-state index contributed by atoms with van der Waals surface area (Å²) in [4.78, 5) is 33.8. The zero-order valence-corrected chi connectivity index (χ0v) is 17.8. The van der Waals surface area contributed by atoms with E-state index in [4.69, 9.17) is 4.98 Å². The molecule has 1 aliphatic rings. The molecule has 1 fully saturated rings. The van der Waals surface area contributed by atoms with Gasteiger partial charge >= 0.3 is 5.69 Å². The zero-order chi connectivity index (χ0) is 21.4. The molecule has 30 heavy (non-hydrogen) atoms. The lowest BCUT2D eigenvalue weighted by Crippen LogP contribution is -3.15. The number of aromatic nitrogens is 4. The Morgan fingerprint density at radius 2 is 1.73 bits per heavy atom. The van der Waals surface area contributed by atoms with E-state index in [-0.39, 0.29) is 17.9 Å².